The molecule has 0 amide bonds. The predicted octanol–water partition coefficient (Wildman–Crippen LogP) is 4.13. The van der Waals surface area contributed by atoms with Crippen LogP contribution in [-0.2, 0) is 5.54 Å². The molecule has 0 unspecified atom stereocenters. The van der Waals surface area contributed by atoms with Gasteiger partial charge in [0, 0.05) is 15.6 Å². The van der Waals surface area contributed by atoms with Gasteiger partial charge >= 0.3 is 0 Å². The van der Waals surface area contributed by atoms with Gasteiger partial charge in [-0.25, -0.2) is 0 Å². The lowest BCUT2D eigenvalue weighted by Crippen LogP contribution is -2.23. The van der Waals surface area contributed by atoms with Crippen molar-refractivity contribution >= 4 is 28.1 Å². The second-order valence-corrected chi connectivity index (χ2v) is 6.45. The van der Waals surface area contributed by atoms with E-state index in [4.69, 9.17) is 17.0 Å². The van der Waals surface area contributed by atoms with Crippen LogP contribution in [0.1, 0.15) is 20.8 Å². The second kappa shape index (κ2) is 5.09. The SMILES string of the molecule is COc1ccc(Br)c(-c2n[nH]c(=S)n2C(C)(C)C)c1. The molecule has 0 radical (unpaired) electrons. The molecule has 0 fully saturated rings. The number of hydrogen-bond acceptors (Lipinski definition) is 3. The number of benzene rings is 1. The van der Waals surface area contributed by atoms with E-state index in [1.54, 1.807) is 7.11 Å². The van der Waals surface area contributed by atoms with Crippen LogP contribution in [0.3, 0.4) is 0 Å². The van der Waals surface area contributed by atoms with E-state index < -0.39 is 0 Å². The summed E-state index contributed by atoms with van der Waals surface area (Å²) < 4.78 is 8.83. The van der Waals surface area contributed by atoms with Crippen molar-refractivity contribution < 1.29 is 4.74 Å². The smallest absolute Gasteiger partial charge is 0.195 e. The summed E-state index contributed by atoms with van der Waals surface area (Å²) in [6.45, 7) is 6.28. The summed E-state index contributed by atoms with van der Waals surface area (Å²) in [5, 5.41) is 7.21. The molecule has 0 aliphatic carbocycles. The summed E-state index contributed by atoms with van der Waals surface area (Å²) >= 11 is 8.87. The van der Waals surface area contributed by atoms with E-state index in [1.807, 2.05) is 22.8 Å². The summed E-state index contributed by atoms with van der Waals surface area (Å²) in [4.78, 5) is 0. The van der Waals surface area contributed by atoms with Gasteiger partial charge in [-0.2, -0.15) is 5.10 Å². The number of nitrogens with one attached hydrogen (secondary N) is 1. The van der Waals surface area contributed by atoms with Gasteiger partial charge in [-0.1, -0.05) is 15.9 Å². The number of halogens is 1. The summed E-state index contributed by atoms with van der Waals surface area (Å²) in [5.74, 6) is 1.58. The van der Waals surface area contributed by atoms with Gasteiger partial charge in [0.25, 0.3) is 0 Å². The number of methoxy groups -OCH3 is 1. The number of aromatic amines is 1. The zero-order chi connectivity index (χ0) is 14.2. The average Bonchev–Trinajstić information content (AvgIpc) is 2.71. The number of ether oxygens (including phenoxy) is 1. The first kappa shape index (κ1) is 14.3. The van der Waals surface area contributed by atoms with Crippen LogP contribution >= 0.6 is 28.1 Å². The number of nitrogens with zero attached hydrogens (tertiary/aromatic N) is 2. The highest BCUT2D eigenvalue weighted by atomic mass is 79.9. The van der Waals surface area contributed by atoms with E-state index >= 15 is 0 Å². The zero-order valence-corrected chi connectivity index (χ0v) is 13.7. The summed E-state index contributed by atoms with van der Waals surface area (Å²) in [6, 6.07) is 5.78. The van der Waals surface area contributed by atoms with Gasteiger partial charge < -0.3 is 4.74 Å². The number of aromatic nitrogens is 3. The van der Waals surface area contributed by atoms with Crippen molar-refractivity contribution in [2.24, 2.45) is 0 Å². The molecule has 0 aliphatic heterocycles. The van der Waals surface area contributed by atoms with Crippen molar-refractivity contribution in [3.8, 4) is 17.1 Å². The van der Waals surface area contributed by atoms with E-state index in [2.05, 4.69) is 46.9 Å². The first-order valence-electron chi connectivity index (χ1n) is 5.86. The molecule has 1 aromatic heterocycles. The van der Waals surface area contributed by atoms with Gasteiger partial charge in [-0.15, -0.1) is 0 Å². The molecule has 0 spiro atoms. The molecule has 0 aliphatic rings. The number of hydrogen-bond donors (Lipinski definition) is 1. The third-order valence-corrected chi connectivity index (χ3v) is 3.72. The standard InChI is InChI=1S/C13H16BrN3OS/c1-13(2,3)17-11(15-16-12(17)19)9-7-8(18-4)5-6-10(9)14/h5-7H,1-4H3,(H,16,19). The minimum Gasteiger partial charge on any atom is -0.497 e. The Balaban J connectivity index is 2.70. The molecule has 0 atom stereocenters. The molecule has 1 heterocycles. The fourth-order valence-corrected chi connectivity index (χ4v) is 2.73. The normalized spacial score (nSPS) is 11.6. The Morgan fingerprint density at radius 2 is 2.05 bits per heavy atom. The average molecular weight is 342 g/mol. The van der Waals surface area contributed by atoms with Crippen LogP contribution in [0.2, 0.25) is 0 Å². The monoisotopic (exact) mass is 341 g/mol. The van der Waals surface area contributed by atoms with E-state index in [9.17, 15) is 0 Å². The van der Waals surface area contributed by atoms with Crippen LogP contribution in [0.25, 0.3) is 11.4 Å². The predicted molar refractivity (Wildman–Crippen MR) is 82.1 cm³/mol. The Labute approximate surface area is 125 Å². The highest BCUT2D eigenvalue weighted by molar-refractivity contribution is 9.10. The third-order valence-electron chi connectivity index (χ3n) is 2.76. The van der Waals surface area contributed by atoms with E-state index in [-0.39, 0.29) is 5.54 Å². The summed E-state index contributed by atoms with van der Waals surface area (Å²) in [5.41, 5.74) is 0.795. The fourth-order valence-electron chi connectivity index (χ4n) is 1.90. The molecule has 0 saturated carbocycles. The Hall–Kier alpha value is -1.14. The van der Waals surface area contributed by atoms with Crippen LogP contribution in [0, 0.1) is 4.77 Å². The number of H-pyrrole nitrogens is 1. The van der Waals surface area contributed by atoms with E-state index in [0.717, 1.165) is 21.6 Å². The molecular formula is C13H16BrN3OS. The van der Waals surface area contributed by atoms with Gasteiger partial charge in [0.2, 0.25) is 0 Å². The molecule has 2 rings (SSSR count). The van der Waals surface area contributed by atoms with Crippen molar-refractivity contribution in [2.75, 3.05) is 7.11 Å². The first-order chi connectivity index (χ1) is 8.84. The lowest BCUT2D eigenvalue weighted by molar-refractivity contribution is 0.395. The maximum absolute atomic E-state index is 5.32. The molecule has 0 bridgehead atoms. The van der Waals surface area contributed by atoms with Crippen LogP contribution in [0.5, 0.6) is 5.75 Å². The Morgan fingerprint density at radius 3 is 2.63 bits per heavy atom. The molecule has 19 heavy (non-hydrogen) atoms. The lowest BCUT2D eigenvalue weighted by Gasteiger charge is -2.23. The van der Waals surface area contributed by atoms with Crippen LogP contribution in [-0.4, -0.2) is 21.9 Å². The van der Waals surface area contributed by atoms with Gasteiger partial charge in [0.1, 0.15) is 5.75 Å². The minimum atomic E-state index is -0.151. The quantitative estimate of drug-likeness (QED) is 0.835. The van der Waals surface area contributed by atoms with E-state index in [0.29, 0.717) is 4.77 Å². The third kappa shape index (κ3) is 2.74. The highest BCUT2D eigenvalue weighted by Gasteiger charge is 2.21. The minimum absolute atomic E-state index is 0.151. The molecule has 4 nitrogen and oxygen atoms in total. The maximum Gasteiger partial charge on any atom is 0.195 e. The summed E-state index contributed by atoms with van der Waals surface area (Å²) in [7, 11) is 1.65. The molecule has 1 aromatic carbocycles. The summed E-state index contributed by atoms with van der Waals surface area (Å²) in [6.07, 6.45) is 0. The van der Waals surface area contributed by atoms with Crippen LogP contribution in [0.4, 0.5) is 0 Å². The molecule has 1 N–H and O–H groups in total. The van der Waals surface area contributed by atoms with Gasteiger partial charge in [-0.3, -0.25) is 9.67 Å². The molecule has 0 saturated heterocycles. The van der Waals surface area contributed by atoms with Crippen molar-refractivity contribution in [3.05, 3.63) is 27.4 Å². The topological polar surface area (TPSA) is 42.8 Å². The van der Waals surface area contributed by atoms with Crippen LogP contribution < -0.4 is 4.74 Å². The largest absolute Gasteiger partial charge is 0.497 e. The van der Waals surface area contributed by atoms with Crippen molar-refractivity contribution in [1.82, 2.24) is 14.8 Å². The first-order valence-corrected chi connectivity index (χ1v) is 7.06. The molecule has 2 aromatic rings. The Bertz CT molecular complexity index is 655. The molecule has 102 valence electrons. The van der Waals surface area contributed by atoms with Crippen molar-refractivity contribution in [1.29, 1.82) is 0 Å². The van der Waals surface area contributed by atoms with Crippen molar-refractivity contribution in [3.63, 3.8) is 0 Å². The number of rotatable bonds is 2. The highest BCUT2D eigenvalue weighted by Crippen LogP contribution is 2.33. The van der Waals surface area contributed by atoms with E-state index in [1.165, 1.54) is 0 Å². The zero-order valence-electron chi connectivity index (χ0n) is 11.3. The van der Waals surface area contributed by atoms with Gasteiger partial charge in [0.05, 0.1) is 7.11 Å². The molecule has 6 heteroatoms. The van der Waals surface area contributed by atoms with Gasteiger partial charge in [0.15, 0.2) is 10.6 Å². The van der Waals surface area contributed by atoms with Crippen LogP contribution in [0.15, 0.2) is 22.7 Å². The maximum atomic E-state index is 5.32. The second-order valence-electron chi connectivity index (χ2n) is 5.20. The molecular weight excluding hydrogens is 326 g/mol. The van der Waals surface area contributed by atoms with Gasteiger partial charge in [-0.05, 0) is 51.2 Å². The van der Waals surface area contributed by atoms with Crippen molar-refractivity contribution in [2.45, 2.75) is 26.3 Å². The Kier molecular flexibility index (Phi) is 3.82. The Morgan fingerprint density at radius 1 is 1.37 bits per heavy atom. The fraction of sp³-hybridized carbons (Fsp3) is 0.385. The lowest BCUT2D eigenvalue weighted by atomic mass is 10.1.